The molecule has 0 saturated heterocycles. The fraction of sp³-hybridized carbons (Fsp3) is 0.385. The van der Waals surface area contributed by atoms with E-state index in [0.717, 1.165) is 11.3 Å². The van der Waals surface area contributed by atoms with Gasteiger partial charge in [0.15, 0.2) is 5.69 Å². The topological polar surface area (TPSA) is 52.3 Å². The molecule has 2 aromatic rings. The summed E-state index contributed by atoms with van der Waals surface area (Å²) in [5, 5.41) is 0. The summed E-state index contributed by atoms with van der Waals surface area (Å²) in [4.78, 5) is 17.0. The van der Waals surface area contributed by atoms with Crippen LogP contribution in [0, 0.1) is 0 Å². The minimum atomic E-state index is -2.89. The summed E-state index contributed by atoms with van der Waals surface area (Å²) >= 11 is 1.39. The third kappa shape index (κ3) is 2.87. The standard InChI is InChI=1S/C13H13F2NO3S/c1-3-7-5-6-8(20-7)12-16-9(11(14)15)10(19-12)13(17)18-4-2/h5-6,11H,3-4H2,1-2H3. The van der Waals surface area contributed by atoms with Crippen LogP contribution in [0.15, 0.2) is 16.5 Å². The van der Waals surface area contributed by atoms with Gasteiger partial charge in [-0.3, -0.25) is 0 Å². The van der Waals surface area contributed by atoms with E-state index in [1.165, 1.54) is 11.3 Å². The molecule has 0 radical (unpaired) electrons. The quantitative estimate of drug-likeness (QED) is 0.781. The molecule has 7 heteroatoms. The van der Waals surface area contributed by atoms with Gasteiger partial charge in [0.25, 0.3) is 6.43 Å². The van der Waals surface area contributed by atoms with Gasteiger partial charge in [-0.25, -0.2) is 18.6 Å². The number of aryl methyl sites for hydroxylation is 1. The summed E-state index contributed by atoms with van der Waals surface area (Å²) in [6, 6.07) is 3.61. The van der Waals surface area contributed by atoms with Crippen molar-refractivity contribution in [1.82, 2.24) is 4.98 Å². The summed E-state index contributed by atoms with van der Waals surface area (Å²) in [6.07, 6.45) is -2.06. The number of alkyl halides is 2. The molecule has 0 bridgehead atoms. The average Bonchev–Trinajstić information content (AvgIpc) is 3.05. The fourth-order valence-electron chi connectivity index (χ4n) is 1.61. The zero-order valence-electron chi connectivity index (χ0n) is 11.0. The van der Waals surface area contributed by atoms with Gasteiger partial charge >= 0.3 is 5.97 Å². The molecule has 0 spiro atoms. The first-order chi connectivity index (χ1) is 9.56. The predicted molar refractivity (Wildman–Crippen MR) is 70.1 cm³/mol. The molecule has 2 rings (SSSR count). The second kappa shape index (κ2) is 6.13. The number of hydrogen-bond acceptors (Lipinski definition) is 5. The van der Waals surface area contributed by atoms with Crippen molar-refractivity contribution in [3.05, 3.63) is 28.5 Å². The van der Waals surface area contributed by atoms with E-state index in [9.17, 15) is 13.6 Å². The Morgan fingerprint density at radius 1 is 1.45 bits per heavy atom. The van der Waals surface area contributed by atoms with Crippen molar-refractivity contribution in [2.45, 2.75) is 26.7 Å². The van der Waals surface area contributed by atoms with E-state index in [-0.39, 0.29) is 12.5 Å². The maximum absolute atomic E-state index is 12.9. The Morgan fingerprint density at radius 3 is 2.75 bits per heavy atom. The fourth-order valence-corrected chi connectivity index (χ4v) is 2.48. The molecule has 0 aliphatic carbocycles. The highest BCUT2D eigenvalue weighted by Gasteiger charge is 2.28. The highest BCUT2D eigenvalue weighted by molar-refractivity contribution is 7.15. The highest BCUT2D eigenvalue weighted by atomic mass is 32.1. The molecular weight excluding hydrogens is 288 g/mol. The number of carbonyl (C=O) groups is 1. The van der Waals surface area contributed by atoms with Crippen molar-refractivity contribution in [2.75, 3.05) is 6.61 Å². The number of hydrogen-bond donors (Lipinski definition) is 0. The lowest BCUT2D eigenvalue weighted by molar-refractivity contribution is 0.0476. The summed E-state index contributed by atoms with van der Waals surface area (Å²) < 4.78 is 35.7. The van der Waals surface area contributed by atoms with Gasteiger partial charge in [-0.05, 0) is 25.5 Å². The molecule has 0 amide bonds. The van der Waals surface area contributed by atoms with Gasteiger partial charge in [-0.1, -0.05) is 6.92 Å². The number of nitrogens with zero attached hydrogens (tertiary/aromatic N) is 1. The van der Waals surface area contributed by atoms with E-state index in [2.05, 4.69) is 4.98 Å². The summed E-state index contributed by atoms with van der Waals surface area (Å²) in [5.41, 5.74) is -0.676. The Morgan fingerprint density at radius 2 is 2.20 bits per heavy atom. The van der Waals surface area contributed by atoms with Crippen LogP contribution in [0.2, 0.25) is 0 Å². The van der Waals surface area contributed by atoms with Crippen molar-refractivity contribution in [3.8, 4) is 10.8 Å². The van der Waals surface area contributed by atoms with Gasteiger partial charge in [0.2, 0.25) is 11.7 Å². The van der Waals surface area contributed by atoms with Crippen LogP contribution < -0.4 is 0 Å². The van der Waals surface area contributed by atoms with Crippen molar-refractivity contribution in [2.24, 2.45) is 0 Å². The molecule has 0 aliphatic rings. The van der Waals surface area contributed by atoms with Crippen LogP contribution in [0.5, 0.6) is 0 Å². The normalized spacial score (nSPS) is 11.1. The molecule has 0 N–H and O–H groups in total. The lowest BCUT2D eigenvalue weighted by Gasteiger charge is -1.99. The average molecular weight is 301 g/mol. The van der Waals surface area contributed by atoms with Crippen molar-refractivity contribution < 1.29 is 22.7 Å². The van der Waals surface area contributed by atoms with Crippen LogP contribution in [0.3, 0.4) is 0 Å². The zero-order valence-corrected chi connectivity index (χ0v) is 11.8. The number of halogens is 2. The number of thiophene rings is 1. The lowest BCUT2D eigenvalue weighted by Crippen LogP contribution is -2.06. The first kappa shape index (κ1) is 14.6. The summed E-state index contributed by atoms with van der Waals surface area (Å²) in [5.74, 6) is -1.43. The molecule has 0 aliphatic heterocycles. The third-order valence-electron chi connectivity index (χ3n) is 2.54. The van der Waals surface area contributed by atoms with E-state index in [1.807, 2.05) is 13.0 Å². The first-order valence-corrected chi connectivity index (χ1v) is 6.93. The molecular formula is C13H13F2NO3S. The van der Waals surface area contributed by atoms with Gasteiger partial charge in [0.05, 0.1) is 11.5 Å². The highest BCUT2D eigenvalue weighted by Crippen LogP contribution is 2.32. The van der Waals surface area contributed by atoms with Gasteiger partial charge < -0.3 is 9.15 Å². The van der Waals surface area contributed by atoms with E-state index < -0.39 is 23.8 Å². The van der Waals surface area contributed by atoms with Crippen LogP contribution in [0.25, 0.3) is 10.8 Å². The number of esters is 1. The van der Waals surface area contributed by atoms with Crippen molar-refractivity contribution >= 4 is 17.3 Å². The minimum Gasteiger partial charge on any atom is -0.460 e. The molecule has 0 unspecified atom stereocenters. The number of rotatable bonds is 5. The van der Waals surface area contributed by atoms with Crippen LogP contribution >= 0.6 is 11.3 Å². The maximum atomic E-state index is 12.9. The Hall–Kier alpha value is -1.76. The molecule has 4 nitrogen and oxygen atoms in total. The number of oxazole rings is 1. The van der Waals surface area contributed by atoms with Crippen molar-refractivity contribution in [1.29, 1.82) is 0 Å². The monoisotopic (exact) mass is 301 g/mol. The van der Waals surface area contributed by atoms with E-state index in [0.29, 0.717) is 4.88 Å². The number of aromatic nitrogens is 1. The second-order valence-electron chi connectivity index (χ2n) is 3.87. The predicted octanol–water partition coefficient (Wildman–Crippen LogP) is 4.08. The zero-order chi connectivity index (χ0) is 14.7. The van der Waals surface area contributed by atoms with Crippen LogP contribution in [0.1, 0.15) is 41.4 Å². The van der Waals surface area contributed by atoms with E-state index >= 15 is 0 Å². The second-order valence-corrected chi connectivity index (χ2v) is 5.04. The molecule has 108 valence electrons. The third-order valence-corrected chi connectivity index (χ3v) is 3.76. The number of carbonyl (C=O) groups excluding carboxylic acids is 1. The molecule has 20 heavy (non-hydrogen) atoms. The van der Waals surface area contributed by atoms with Crippen LogP contribution in [-0.2, 0) is 11.2 Å². The molecule has 0 atom stereocenters. The Labute approximate surface area is 118 Å². The van der Waals surface area contributed by atoms with Crippen LogP contribution in [-0.4, -0.2) is 17.6 Å². The maximum Gasteiger partial charge on any atom is 0.376 e. The molecule has 0 saturated carbocycles. The lowest BCUT2D eigenvalue weighted by atomic mass is 10.3. The summed E-state index contributed by atoms with van der Waals surface area (Å²) in [7, 11) is 0. The molecule has 2 aromatic heterocycles. The van der Waals surface area contributed by atoms with Gasteiger partial charge in [0, 0.05) is 4.88 Å². The van der Waals surface area contributed by atoms with Gasteiger partial charge in [0.1, 0.15) is 0 Å². The largest absolute Gasteiger partial charge is 0.460 e. The van der Waals surface area contributed by atoms with Crippen molar-refractivity contribution in [3.63, 3.8) is 0 Å². The van der Waals surface area contributed by atoms with E-state index in [4.69, 9.17) is 9.15 Å². The first-order valence-electron chi connectivity index (χ1n) is 6.11. The van der Waals surface area contributed by atoms with Gasteiger partial charge in [-0.15, -0.1) is 11.3 Å². The SMILES string of the molecule is CCOC(=O)c1oc(-c2ccc(CC)s2)nc1C(F)F. The molecule has 0 fully saturated rings. The smallest absolute Gasteiger partial charge is 0.376 e. The Balaban J connectivity index is 2.40. The molecule has 0 aromatic carbocycles. The Kier molecular flexibility index (Phi) is 4.49. The van der Waals surface area contributed by atoms with Gasteiger partial charge in [-0.2, -0.15) is 0 Å². The minimum absolute atomic E-state index is 0.0213. The summed E-state index contributed by atoms with van der Waals surface area (Å²) in [6.45, 7) is 3.65. The van der Waals surface area contributed by atoms with Crippen LogP contribution in [0.4, 0.5) is 8.78 Å². The van der Waals surface area contributed by atoms with E-state index in [1.54, 1.807) is 13.0 Å². The number of ether oxygens (including phenoxy) is 1. The molecule has 2 heterocycles. The Bertz CT molecular complexity index is 607.